The summed E-state index contributed by atoms with van der Waals surface area (Å²) in [6, 6.07) is 9.78. The van der Waals surface area contributed by atoms with Crippen molar-refractivity contribution in [2.24, 2.45) is 0 Å². The third kappa shape index (κ3) is 3.80. The summed E-state index contributed by atoms with van der Waals surface area (Å²) in [5, 5.41) is 11.3. The Morgan fingerprint density at radius 1 is 1.28 bits per heavy atom. The zero-order chi connectivity index (χ0) is 20.3. The van der Waals surface area contributed by atoms with Crippen LogP contribution >= 0.6 is 0 Å². The van der Waals surface area contributed by atoms with Gasteiger partial charge in [0.05, 0.1) is 17.5 Å². The van der Waals surface area contributed by atoms with Crippen molar-refractivity contribution in [2.75, 3.05) is 26.8 Å². The van der Waals surface area contributed by atoms with Crippen molar-refractivity contribution in [1.29, 1.82) is 0 Å². The van der Waals surface area contributed by atoms with Crippen LogP contribution in [0.3, 0.4) is 0 Å². The molecule has 2 aromatic heterocycles. The van der Waals surface area contributed by atoms with Crippen molar-refractivity contribution in [2.45, 2.75) is 31.6 Å². The van der Waals surface area contributed by atoms with E-state index in [4.69, 9.17) is 9.26 Å². The zero-order valence-corrected chi connectivity index (χ0v) is 16.7. The van der Waals surface area contributed by atoms with Crippen LogP contribution in [0.15, 0.2) is 41.1 Å². The molecule has 3 aromatic rings. The van der Waals surface area contributed by atoms with Gasteiger partial charge in [0, 0.05) is 44.7 Å². The lowest BCUT2D eigenvalue weighted by atomic mass is 9.75. The van der Waals surface area contributed by atoms with Gasteiger partial charge in [-0.3, -0.25) is 9.89 Å². The number of aromatic amines is 1. The SMILES string of the molecule is COCCC1(c2noc(C)n2)CCN(C(=O)c2cn[nH]c2-c2ccccc2)CC1. The number of likely N-dealkylation sites (tertiary alicyclic amines) is 1. The molecule has 0 saturated carbocycles. The number of aryl methyl sites for hydroxylation is 1. The van der Waals surface area contributed by atoms with Crippen LogP contribution in [-0.4, -0.2) is 58.0 Å². The molecule has 0 aliphatic carbocycles. The fourth-order valence-corrected chi connectivity index (χ4v) is 3.98. The molecule has 4 rings (SSSR count). The van der Waals surface area contributed by atoms with Crippen molar-refractivity contribution in [3.05, 3.63) is 53.8 Å². The van der Waals surface area contributed by atoms with E-state index < -0.39 is 0 Å². The molecule has 1 aromatic carbocycles. The number of piperidine rings is 1. The second kappa shape index (κ2) is 8.16. The monoisotopic (exact) mass is 395 g/mol. The van der Waals surface area contributed by atoms with Crippen LogP contribution in [0.25, 0.3) is 11.3 Å². The number of aromatic nitrogens is 4. The van der Waals surface area contributed by atoms with Gasteiger partial charge in [-0.15, -0.1) is 0 Å². The number of methoxy groups -OCH3 is 1. The molecule has 0 atom stereocenters. The average molecular weight is 395 g/mol. The number of nitrogens with zero attached hydrogens (tertiary/aromatic N) is 4. The summed E-state index contributed by atoms with van der Waals surface area (Å²) in [4.78, 5) is 19.6. The molecule has 1 saturated heterocycles. The molecule has 0 unspecified atom stereocenters. The molecule has 0 radical (unpaired) electrons. The highest BCUT2D eigenvalue weighted by Gasteiger charge is 2.41. The summed E-state index contributed by atoms with van der Waals surface area (Å²) >= 11 is 0. The summed E-state index contributed by atoms with van der Waals surface area (Å²) in [6.45, 7) is 3.65. The molecule has 1 aliphatic heterocycles. The number of hydrogen-bond acceptors (Lipinski definition) is 6. The number of ether oxygens (including phenoxy) is 1. The molecule has 1 N–H and O–H groups in total. The standard InChI is InChI=1S/C21H25N5O3/c1-15-23-20(25-29-15)21(10-13-28-2)8-11-26(12-9-21)19(27)17-14-22-24-18(17)16-6-4-3-5-7-16/h3-7,14H,8-13H2,1-2H3,(H,22,24). The average Bonchev–Trinajstić information content (AvgIpc) is 3.42. The lowest BCUT2D eigenvalue weighted by Gasteiger charge is -2.39. The molecule has 0 bridgehead atoms. The highest BCUT2D eigenvalue weighted by Crippen LogP contribution is 2.38. The molecule has 1 fully saturated rings. The third-order valence-corrected chi connectivity index (χ3v) is 5.73. The zero-order valence-electron chi connectivity index (χ0n) is 16.7. The van der Waals surface area contributed by atoms with Crippen molar-refractivity contribution < 1.29 is 14.1 Å². The van der Waals surface area contributed by atoms with Gasteiger partial charge in [0.25, 0.3) is 5.91 Å². The summed E-state index contributed by atoms with van der Waals surface area (Å²) in [6.07, 6.45) is 3.94. The van der Waals surface area contributed by atoms with E-state index in [0.717, 1.165) is 30.5 Å². The van der Waals surface area contributed by atoms with Crippen LogP contribution < -0.4 is 0 Å². The molecule has 29 heavy (non-hydrogen) atoms. The van der Waals surface area contributed by atoms with Gasteiger partial charge in [0.15, 0.2) is 5.82 Å². The Bertz CT molecular complexity index is 958. The number of carbonyl (C=O) groups is 1. The number of nitrogens with one attached hydrogen (secondary N) is 1. The molecule has 152 valence electrons. The molecular weight excluding hydrogens is 370 g/mol. The molecule has 8 nitrogen and oxygen atoms in total. The van der Waals surface area contributed by atoms with E-state index in [1.165, 1.54) is 0 Å². The highest BCUT2D eigenvalue weighted by molar-refractivity contribution is 5.99. The van der Waals surface area contributed by atoms with Gasteiger partial charge in [0.1, 0.15) is 0 Å². The van der Waals surface area contributed by atoms with E-state index in [2.05, 4.69) is 20.3 Å². The van der Waals surface area contributed by atoms with Crippen molar-refractivity contribution in [1.82, 2.24) is 25.2 Å². The molecular formula is C21H25N5O3. The number of benzene rings is 1. The molecule has 8 heteroatoms. The number of hydrogen-bond donors (Lipinski definition) is 1. The smallest absolute Gasteiger partial charge is 0.257 e. The van der Waals surface area contributed by atoms with E-state index in [0.29, 0.717) is 37.0 Å². The maximum Gasteiger partial charge on any atom is 0.257 e. The first-order valence-corrected chi connectivity index (χ1v) is 9.81. The second-order valence-corrected chi connectivity index (χ2v) is 7.48. The van der Waals surface area contributed by atoms with E-state index in [1.807, 2.05) is 35.2 Å². The lowest BCUT2D eigenvalue weighted by molar-refractivity contribution is 0.0617. The van der Waals surface area contributed by atoms with Crippen molar-refractivity contribution >= 4 is 5.91 Å². The van der Waals surface area contributed by atoms with Gasteiger partial charge in [-0.1, -0.05) is 35.5 Å². The number of carbonyl (C=O) groups excluding carboxylic acids is 1. The van der Waals surface area contributed by atoms with E-state index in [-0.39, 0.29) is 11.3 Å². The molecule has 0 spiro atoms. The largest absolute Gasteiger partial charge is 0.385 e. The van der Waals surface area contributed by atoms with E-state index in [9.17, 15) is 4.79 Å². The molecule has 3 heterocycles. The van der Waals surface area contributed by atoms with Crippen LogP contribution in [0.4, 0.5) is 0 Å². The molecule has 1 amide bonds. The quantitative estimate of drug-likeness (QED) is 0.689. The summed E-state index contributed by atoms with van der Waals surface area (Å²) in [7, 11) is 1.69. The van der Waals surface area contributed by atoms with Gasteiger partial charge >= 0.3 is 0 Å². The lowest BCUT2D eigenvalue weighted by Crippen LogP contribution is -2.46. The topological polar surface area (TPSA) is 97.1 Å². The summed E-state index contributed by atoms with van der Waals surface area (Å²) in [5.41, 5.74) is 2.06. The maximum atomic E-state index is 13.2. The van der Waals surface area contributed by atoms with Crippen LogP contribution in [0.5, 0.6) is 0 Å². The maximum absolute atomic E-state index is 13.2. The minimum atomic E-state index is -0.233. The van der Waals surface area contributed by atoms with E-state index >= 15 is 0 Å². The minimum absolute atomic E-state index is 0.0118. The van der Waals surface area contributed by atoms with Gasteiger partial charge in [0.2, 0.25) is 5.89 Å². The van der Waals surface area contributed by atoms with Crippen LogP contribution in [0.1, 0.15) is 41.3 Å². The van der Waals surface area contributed by atoms with Crippen molar-refractivity contribution in [3.63, 3.8) is 0 Å². The highest BCUT2D eigenvalue weighted by atomic mass is 16.5. The minimum Gasteiger partial charge on any atom is -0.385 e. The van der Waals surface area contributed by atoms with Gasteiger partial charge < -0.3 is 14.2 Å². The Morgan fingerprint density at radius 3 is 2.69 bits per heavy atom. The normalized spacial score (nSPS) is 16.1. The van der Waals surface area contributed by atoms with Crippen LogP contribution in [0.2, 0.25) is 0 Å². The van der Waals surface area contributed by atoms with Gasteiger partial charge in [-0.25, -0.2) is 0 Å². The fourth-order valence-electron chi connectivity index (χ4n) is 3.98. The molecule has 1 aliphatic rings. The van der Waals surface area contributed by atoms with Gasteiger partial charge in [-0.2, -0.15) is 10.1 Å². The number of H-pyrrole nitrogens is 1. The van der Waals surface area contributed by atoms with Gasteiger partial charge in [-0.05, 0) is 19.3 Å². The Kier molecular flexibility index (Phi) is 5.44. The van der Waals surface area contributed by atoms with Crippen molar-refractivity contribution in [3.8, 4) is 11.3 Å². The Balaban J connectivity index is 1.52. The predicted octanol–water partition coefficient (Wildman–Crippen LogP) is 2.98. The van der Waals surface area contributed by atoms with Crippen LogP contribution in [0, 0.1) is 6.92 Å². The fraction of sp³-hybridized carbons (Fsp3) is 0.429. The Morgan fingerprint density at radius 2 is 2.03 bits per heavy atom. The first-order valence-electron chi connectivity index (χ1n) is 9.81. The Hall–Kier alpha value is -3.00. The summed E-state index contributed by atoms with van der Waals surface area (Å²) in [5.74, 6) is 1.26. The number of amides is 1. The van der Waals surface area contributed by atoms with E-state index in [1.54, 1.807) is 20.2 Å². The number of rotatable bonds is 6. The second-order valence-electron chi connectivity index (χ2n) is 7.48. The first kappa shape index (κ1) is 19.3. The third-order valence-electron chi connectivity index (χ3n) is 5.73. The summed E-state index contributed by atoms with van der Waals surface area (Å²) < 4.78 is 10.5. The predicted molar refractivity (Wildman–Crippen MR) is 106 cm³/mol. The first-order chi connectivity index (χ1) is 14.1. The Labute approximate surface area is 169 Å². The van der Waals surface area contributed by atoms with Crippen LogP contribution in [-0.2, 0) is 10.2 Å².